The monoisotopic (exact) mass is 421 g/mol. The Morgan fingerprint density at radius 1 is 1.32 bits per heavy atom. The molecule has 2 amide bonds. The summed E-state index contributed by atoms with van der Waals surface area (Å²) in [5.41, 5.74) is 2.82. The molecule has 1 fully saturated rings. The molecule has 4 N–H and O–H groups in total. The van der Waals surface area contributed by atoms with Crippen LogP contribution < -0.4 is 16.4 Å². The Hall–Kier alpha value is -1.80. The Morgan fingerprint density at radius 2 is 1.96 bits per heavy atom. The van der Waals surface area contributed by atoms with Crippen molar-refractivity contribution in [2.24, 2.45) is 17.6 Å². The van der Waals surface area contributed by atoms with Crippen molar-refractivity contribution in [2.45, 2.75) is 44.8 Å². The Kier molecular flexibility index (Phi) is 8.31. The number of halogens is 4. The number of carbonyl (C=O) groups is 2. The highest BCUT2D eigenvalue weighted by atomic mass is 35.5. The predicted octanol–water partition coefficient (Wildman–Crippen LogP) is 2.97. The number of hydrogen-bond acceptors (Lipinski definition) is 3. The first-order chi connectivity index (χ1) is 12.5. The van der Waals surface area contributed by atoms with Crippen LogP contribution in [0.2, 0.25) is 0 Å². The van der Waals surface area contributed by atoms with Crippen molar-refractivity contribution in [3.8, 4) is 0 Å². The third-order valence-electron chi connectivity index (χ3n) is 5.30. The fourth-order valence-electron chi connectivity index (χ4n) is 3.44. The van der Waals surface area contributed by atoms with Crippen LogP contribution >= 0.6 is 12.4 Å². The van der Waals surface area contributed by atoms with E-state index in [9.17, 15) is 22.8 Å². The fourth-order valence-corrected chi connectivity index (χ4v) is 3.44. The largest absolute Gasteiger partial charge is 0.416 e. The molecule has 0 aliphatic carbocycles. The molecule has 0 radical (unpaired) electrons. The summed E-state index contributed by atoms with van der Waals surface area (Å²) in [5, 5.41) is 5.85. The molecule has 0 saturated carbocycles. The first-order valence-corrected chi connectivity index (χ1v) is 9.03. The molecule has 1 heterocycles. The Labute approximate surface area is 169 Å². The van der Waals surface area contributed by atoms with Crippen molar-refractivity contribution in [3.05, 3.63) is 35.4 Å². The van der Waals surface area contributed by atoms with E-state index >= 15 is 0 Å². The predicted molar refractivity (Wildman–Crippen MR) is 103 cm³/mol. The molecule has 1 aromatic carbocycles. The molecule has 3 atom stereocenters. The SMILES string of the molecule is CC(CC(=O)NC(C)(C(N)=O)c1cccc(C(F)(F)F)c1)C1CCCNC1.Cl. The first-order valence-electron chi connectivity index (χ1n) is 9.03. The van der Waals surface area contributed by atoms with Gasteiger partial charge in [-0.2, -0.15) is 13.2 Å². The lowest BCUT2D eigenvalue weighted by molar-refractivity contribution is -0.138. The number of piperidine rings is 1. The average molecular weight is 422 g/mol. The number of amides is 2. The maximum Gasteiger partial charge on any atom is 0.416 e. The van der Waals surface area contributed by atoms with Crippen LogP contribution in [0.25, 0.3) is 0 Å². The van der Waals surface area contributed by atoms with Gasteiger partial charge in [-0.05, 0) is 62.4 Å². The number of nitrogens with two attached hydrogens (primary N) is 1. The minimum atomic E-state index is -4.55. The molecule has 1 aromatic rings. The minimum absolute atomic E-state index is 0. The van der Waals surface area contributed by atoms with Gasteiger partial charge in [0.2, 0.25) is 11.8 Å². The van der Waals surface area contributed by atoms with Gasteiger partial charge in [-0.15, -0.1) is 12.4 Å². The summed E-state index contributed by atoms with van der Waals surface area (Å²) >= 11 is 0. The lowest BCUT2D eigenvalue weighted by Gasteiger charge is -2.31. The van der Waals surface area contributed by atoms with Crippen molar-refractivity contribution in [2.75, 3.05) is 13.1 Å². The van der Waals surface area contributed by atoms with E-state index in [1.807, 2.05) is 6.92 Å². The molecule has 28 heavy (non-hydrogen) atoms. The van der Waals surface area contributed by atoms with Crippen LogP contribution in [0.15, 0.2) is 24.3 Å². The number of nitrogens with one attached hydrogen (secondary N) is 2. The third kappa shape index (κ3) is 5.85. The van der Waals surface area contributed by atoms with Gasteiger partial charge >= 0.3 is 6.18 Å². The van der Waals surface area contributed by atoms with Crippen molar-refractivity contribution < 1.29 is 22.8 Å². The zero-order chi connectivity index (χ0) is 20.2. The molecule has 0 bridgehead atoms. The van der Waals surface area contributed by atoms with Gasteiger partial charge in [0.15, 0.2) is 0 Å². The summed E-state index contributed by atoms with van der Waals surface area (Å²) in [6.45, 7) is 5.08. The third-order valence-corrected chi connectivity index (χ3v) is 5.30. The Bertz CT molecular complexity index is 693. The maximum absolute atomic E-state index is 13.0. The van der Waals surface area contributed by atoms with Crippen LogP contribution in [-0.2, 0) is 21.3 Å². The summed E-state index contributed by atoms with van der Waals surface area (Å²) in [5.74, 6) is -0.900. The summed E-state index contributed by atoms with van der Waals surface area (Å²) in [7, 11) is 0. The van der Waals surface area contributed by atoms with Gasteiger partial charge in [-0.25, -0.2) is 0 Å². The van der Waals surface area contributed by atoms with E-state index in [2.05, 4.69) is 10.6 Å². The summed E-state index contributed by atoms with van der Waals surface area (Å²) < 4.78 is 39.0. The summed E-state index contributed by atoms with van der Waals surface area (Å²) in [6, 6.07) is 4.31. The van der Waals surface area contributed by atoms with E-state index in [4.69, 9.17) is 5.73 Å². The van der Waals surface area contributed by atoms with Crippen LogP contribution in [0.3, 0.4) is 0 Å². The van der Waals surface area contributed by atoms with Gasteiger partial charge in [0.1, 0.15) is 5.54 Å². The van der Waals surface area contributed by atoms with Gasteiger partial charge in [-0.3, -0.25) is 9.59 Å². The molecule has 5 nitrogen and oxygen atoms in total. The van der Waals surface area contributed by atoms with Crippen molar-refractivity contribution >= 4 is 24.2 Å². The van der Waals surface area contributed by atoms with Gasteiger partial charge in [0.05, 0.1) is 5.56 Å². The molecule has 158 valence electrons. The van der Waals surface area contributed by atoms with Gasteiger partial charge < -0.3 is 16.4 Å². The minimum Gasteiger partial charge on any atom is -0.367 e. The smallest absolute Gasteiger partial charge is 0.367 e. The van der Waals surface area contributed by atoms with Crippen LogP contribution in [0, 0.1) is 11.8 Å². The second kappa shape index (κ2) is 9.60. The fraction of sp³-hybridized carbons (Fsp3) is 0.579. The number of hydrogen-bond donors (Lipinski definition) is 3. The zero-order valence-electron chi connectivity index (χ0n) is 15.9. The van der Waals surface area contributed by atoms with Crippen molar-refractivity contribution in [3.63, 3.8) is 0 Å². The van der Waals surface area contributed by atoms with Crippen LogP contribution in [0.5, 0.6) is 0 Å². The summed E-state index contributed by atoms with van der Waals surface area (Å²) in [4.78, 5) is 24.5. The first kappa shape index (κ1) is 24.2. The van der Waals surface area contributed by atoms with Crippen molar-refractivity contribution in [1.29, 1.82) is 0 Å². The van der Waals surface area contributed by atoms with E-state index in [-0.39, 0.29) is 30.3 Å². The molecule has 2 rings (SSSR count). The topological polar surface area (TPSA) is 84.2 Å². The second-order valence-corrected chi connectivity index (χ2v) is 7.40. The number of alkyl halides is 3. The highest BCUT2D eigenvalue weighted by Crippen LogP contribution is 2.32. The van der Waals surface area contributed by atoms with Crippen LogP contribution in [0.4, 0.5) is 13.2 Å². The van der Waals surface area contributed by atoms with E-state index in [0.717, 1.165) is 38.1 Å². The van der Waals surface area contributed by atoms with E-state index in [1.54, 1.807) is 0 Å². The lowest BCUT2D eigenvalue weighted by atomic mass is 9.84. The van der Waals surface area contributed by atoms with Gasteiger partial charge in [0, 0.05) is 6.42 Å². The molecule has 0 aromatic heterocycles. The molecule has 0 spiro atoms. The zero-order valence-corrected chi connectivity index (χ0v) is 16.8. The Balaban J connectivity index is 0.00000392. The highest BCUT2D eigenvalue weighted by Gasteiger charge is 2.38. The normalized spacial score (nSPS) is 20.4. The molecule has 1 aliphatic heterocycles. The molecule has 3 unspecified atom stereocenters. The lowest BCUT2D eigenvalue weighted by Crippen LogP contribution is -2.53. The number of primary amides is 1. The molecular formula is C19H27ClF3N3O2. The standard InChI is InChI=1S/C19H26F3N3O2.ClH/c1-12(13-5-4-8-24-11-13)9-16(26)25-18(2,17(23)27)14-6-3-7-15(10-14)19(20,21)22;/h3,6-7,10,12-13,24H,4-5,8-9,11H2,1-2H3,(H2,23,27)(H,25,26);1H. The van der Waals surface area contributed by atoms with Gasteiger partial charge in [0.25, 0.3) is 0 Å². The Morgan fingerprint density at radius 3 is 2.50 bits per heavy atom. The van der Waals surface area contributed by atoms with Crippen LogP contribution in [0.1, 0.15) is 44.2 Å². The van der Waals surface area contributed by atoms with E-state index in [1.165, 1.54) is 19.1 Å². The quantitative estimate of drug-likeness (QED) is 0.660. The molecule has 1 aliphatic rings. The molecule has 1 saturated heterocycles. The van der Waals surface area contributed by atoms with E-state index < -0.39 is 29.1 Å². The summed E-state index contributed by atoms with van der Waals surface area (Å²) in [6.07, 6.45) is -2.32. The molecular weight excluding hydrogens is 395 g/mol. The number of carbonyl (C=O) groups excluding carboxylic acids is 2. The highest BCUT2D eigenvalue weighted by molar-refractivity contribution is 5.91. The van der Waals surface area contributed by atoms with Gasteiger partial charge in [-0.1, -0.05) is 19.1 Å². The molecule has 9 heteroatoms. The number of benzene rings is 1. The van der Waals surface area contributed by atoms with Crippen molar-refractivity contribution in [1.82, 2.24) is 10.6 Å². The average Bonchev–Trinajstić information content (AvgIpc) is 2.61. The van der Waals surface area contributed by atoms with E-state index in [0.29, 0.717) is 5.92 Å². The maximum atomic E-state index is 13.0. The van der Waals surface area contributed by atoms with Crippen LogP contribution in [-0.4, -0.2) is 24.9 Å². The second-order valence-electron chi connectivity index (χ2n) is 7.40. The number of rotatable bonds is 6.